The molecule has 0 aromatic carbocycles. The summed E-state index contributed by atoms with van der Waals surface area (Å²) in [6, 6.07) is 6.95. The summed E-state index contributed by atoms with van der Waals surface area (Å²) in [4.78, 5) is 32.5. The van der Waals surface area contributed by atoms with Crippen LogP contribution in [0.15, 0.2) is 30.6 Å². The van der Waals surface area contributed by atoms with Crippen LogP contribution >= 0.6 is 0 Å². The lowest BCUT2D eigenvalue weighted by Crippen LogP contribution is -2.38. The van der Waals surface area contributed by atoms with E-state index in [-0.39, 0.29) is 24.1 Å². The van der Waals surface area contributed by atoms with Gasteiger partial charge in [0, 0.05) is 38.6 Å². The normalized spacial score (nSPS) is 14.6. The third-order valence-corrected chi connectivity index (χ3v) is 4.33. The molecule has 134 valence electrons. The number of aromatic nitrogens is 3. The van der Waals surface area contributed by atoms with Crippen molar-refractivity contribution in [3.8, 4) is 6.07 Å². The highest BCUT2D eigenvalue weighted by Gasteiger charge is 2.23. The van der Waals surface area contributed by atoms with Crippen LogP contribution in [-0.4, -0.2) is 62.6 Å². The fourth-order valence-electron chi connectivity index (χ4n) is 2.93. The topological polar surface area (TPSA) is 95.1 Å². The van der Waals surface area contributed by atoms with E-state index in [4.69, 9.17) is 5.26 Å². The van der Waals surface area contributed by atoms with Crippen LogP contribution in [0.4, 0.5) is 0 Å². The Morgan fingerprint density at radius 3 is 2.58 bits per heavy atom. The molecular formula is C18H20N6O2. The van der Waals surface area contributed by atoms with Crippen LogP contribution in [0.5, 0.6) is 0 Å². The summed E-state index contributed by atoms with van der Waals surface area (Å²) in [6.07, 6.45) is 3.94. The lowest BCUT2D eigenvalue weighted by molar-refractivity contribution is -0.131. The molecule has 0 atom stereocenters. The van der Waals surface area contributed by atoms with Gasteiger partial charge in [-0.1, -0.05) is 0 Å². The van der Waals surface area contributed by atoms with Crippen LogP contribution in [0.1, 0.15) is 28.2 Å². The van der Waals surface area contributed by atoms with Gasteiger partial charge in [-0.05, 0) is 31.5 Å². The van der Waals surface area contributed by atoms with Gasteiger partial charge in [0.15, 0.2) is 0 Å². The Labute approximate surface area is 151 Å². The highest BCUT2D eigenvalue weighted by molar-refractivity contribution is 5.94. The lowest BCUT2D eigenvalue weighted by Gasteiger charge is -2.22. The van der Waals surface area contributed by atoms with Crippen molar-refractivity contribution in [3.05, 3.63) is 47.5 Å². The van der Waals surface area contributed by atoms with Crippen molar-refractivity contribution in [1.82, 2.24) is 24.6 Å². The zero-order valence-corrected chi connectivity index (χ0v) is 14.6. The largest absolute Gasteiger partial charge is 0.339 e. The van der Waals surface area contributed by atoms with Crippen LogP contribution in [0.2, 0.25) is 0 Å². The highest BCUT2D eigenvalue weighted by Crippen LogP contribution is 2.10. The number of nitrogens with zero attached hydrogens (tertiary/aromatic N) is 6. The van der Waals surface area contributed by atoms with Gasteiger partial charge in [-0.25, -0.2) is 4.98 Å². The number of nitriles is 1. The first-order valence-corrected chi connectivity index (χ1v) is 8.50. The monoisotopic (exact) mass is 352 g/mol. The SMILES string of the molecule is Cc1ccn(CC(=O)N2CCCN(C(=O)c3ccc(C#N)nc3)CC2)n1. The summed E-state index contributed by atoms with van der Waals surface area (Å²) in [5.74, 6) is -0.124. The number of amides is 2. The minimum atomic E-state index is -0.126. The molecule has 2 aromatic heterocycles. The molecule has 0 radical (unpaired) electrons. The van der Waals surface area contributed by atoms with Crippen LogP contribution in [-0.2, 0) is 11.3 Å². The van der Waals surface area contributed by atoms with Crippen LogP contribution < -0.4 is 0 Å². The highest BCUT2D eigenvalue weighted by atomic mass is 16.2. The van der Waals surface area contributed by atoms with E-state index in [9.17, 15) is 9.59 Å². The van der Waals surface area contributed by atoms with Crippen molar-refractivity contribution in [1.29, 1.82) is 5.26 Å². The number of aryl methyl sites for hydroxylation is 1. The molecule has 0 aliphatic carbocycles. The van der Waals surface area contributed by atoms with Crippen LogP contribution in [0.3, 0.4) is 0 Å². The van der Waals surface area contributed by atoms with Gasteiger partial charge < -0.3 is 9.80 Å². The Bertz CT molecular complexity index is 836. The second-order valence-corrected chi connectivity index (χ2v) is 6.23. The van der Waals surface area contributed by atoms with Gasteiger partial charge in [-0.3, -0.25) is 14.3 Å². The van der Waals surface area contributed by atoms with E-state index < -0.39 is 0 Å². The summed E-state index contributed by atoms with van der Waals surface area (Å²) in [7, 11) is 0. The molecular weight excluding hydrogens is 332 g/mol. The van der Waals surface area contributed by atoms with Gasteiger partial charge in [-0.15, -0.1) is 0 Å². The molecule has 0 saturated carbocycles. The molecule has 1 aliphatic heterocycles. The molecule has 0 N–H and O–H groups in total. The van der Waals surface area contributed by atoms with Crippen molar-refractivity contribution < 1.29 is 9.59 Å². The Kier molecular flexibility index (Phi) is 5.27. The van der Waals surface area contributed by atoms with Gasteiger partial charge in [0.05, 0.1) is 11.3 Å². The van der Waals surface area contributed by atoms with E-state index >= 15 is 0 Å². The van der Waals surface area contributed by atoms with Gasteiger partial charge in [-0.2, -0.15) is 10.4 Å². The van der Waals surface area contributed by atoms with Crippen molar-refractivity contribution >= 4 is 11.8 Å². The first-order valence-electron chi connectivity index (χ1n) is 8.50. The molecule has 3 rings (SSSR count). The molecule has 1 aliphatic rings. The molecule has 2 amide bonds. The summed E-state index contributed by atoms with van der Waals surface area (Å²) in [5.41, 5.74) is 1.61. The number of carbonyl (C=O) groups excluding carboxylic acids is 2. The molecule has 8 nitrogen and oxygen atoms in total. The maximum atomic E-state index is 12.6. The number of carbonyl (C=O) groups is 2. The van der Waals surface area contributed by atoms with Crippen LogP contribution in [0.25, 0.3) is 0 Å². The van der Waals surface area contributed by atoms with E-state index in [1.165, 1.54) is 12.3 Å². The van der Waals surface area contributed by atoms with Crippen molar-refractivity contribution in [2.75, 3.05) is 26.2 Å². The first-order chi connectivity index (χ1) is 12.6. The van der Waals surface area contributed by atoms with Crippen molar-refractivity contribution in [2.24, 2.45) is 0 Å². The molecule has 0 spiro atoms. The van der Waals surface area contributed by atoms with Gasteiger partial charge >= 0.3 is 0 Å². The van der Waals surface area contributed by atoms with E-state index in [0.29, 0.717) is 31.7 Å². The number of pyridine rings is 1. The maximum Gasteiger partial charge on any atom is 0.255 e. The third-order valence-electron chi connectivity index (χ3n) is 4.33. The molecule has 3 heterocycles. The summed E-state index contributed by atoms with van der Waals surface area (Å²) in [6.45, 7) is 4.27. The number of hydrogen-bond acceptors (Lipinski definition) is 5. The Morgan fingerprint density at radius 2 is 1.92 bits per heavy atom. The first kappa shape index (κ1) is 17.6. The fourth-order valence-corrected chi connectivity index (χ4v) is 2.93. The number of rotatable bonds is 3. The molecule has 1 fully saturated rings. The van der Waals surface area contributed by atoms with Gasteiger partial charge in [0.1, 0.15) is 18.3 Å². The Balaban J connectivity index is 1.59. The Morgan fingerprint density at radius 1 is 1.15 bits per heavy atom. The van der Waals surface area contributed by atoms with E-state index in [0.717, 1.165) is 12.1 Å². The van der Waals surface area contributed by atoms with Crippen molar-refractivity contribution in [2.45, 2.75) is 19.9 Å². The molecule has 8 heteroatoms. The lowest BCUT2D eigenvalue weighted by atomic mass is 10.2. The fraction of sp³-hybridized carbons (Fsp3) is 0.389. The number of hydrogen-bond donors (Lipinski definition) is 0. The maximum absolute atomic E-state index is 12.6. The van der Waals surface area contributed by atoms with Crippen LogP contribution in [0, 0.1) is 18.3 Å². The zero-order valence-electron chi connectivity index (χ0n) is 14.6. The minimum absolute atomic E-state index is 0.00226. The van der Waals surface area contributed by atoms with Gasteiger partial charge in [0.2, 0.25) is 5.91 Å². The summed E-state index contributed by atoms with van der Waals surface area (Å²) < 4.78 is 1.63. The van der Waals surface area contributed by atoms with E-state index in [1.54, 1.807) is 26.7 Å². The standard InChI is InChI=1S/C18H20N6O2/c1-14-5-8-24(21-14)13-17(25)22-6-2-7-23(10-9-22)18(26)15-3-4-16(11-19)20-12-15/h3-5,8,12H,2,6-7,9-10,13H2,1H3. The van der Waals surface area contributed by atoms with E-state index in [1.807, 2.05) is 19.1 Å². The molecule has 1 saturated heterocycles. The molecule has 0 bridgehead atoms. The molecule has 2 aromatic rings. The van der Waals surface area contributed by atoms with Gasteiger partial charge in [0.25, 0.3) is 5.91 Å². The molecule has 26 heavy (non-hydrogen) atoms. The smallest absolute Gasteiger partial charge is 0.255 e. The zero-order chi connectivity index (χ0) is 18.5. The minimum Gasteiger partial charge on any atom is -0.339 e. The van der Waals surface area contributed by atoms with Crippen molar-refractivity contribution in [3.63, 3.8) is 0 Å². The van der Waals surface area contributed by atoms with E-state index in [2.05, 4.69) is 10.1 Å². The molecule has 0 unspecified atom stereocenters. The average Bonchev–Trinajstić information content (AvgIpc) is 2.92. The predicted molar refractivity (Wildman–Crippen MR) is 93.0 cm³/mol. The quantitative estimate of drug-likeness (QED) is 0.815. The third kappa shape index (κ3) is 4.06. The Hall–Kier alpha value is -3.21. The average molecular weight is 352 g/mol. The summed E-state index contributed by atoms with van der Waals surface area (Å²) >= 11 is 0. The summed E-state index contributed by atoms with van der Waals surface area (Å²) in [5, 5.41) is 13.0. The second-order valence-electron chi connectivity index (χ2n) is 6.23. The second kappa shape index (κ2) is 7.78. The predicted octanol–water partition coefficient (Wildman–Crippen LogP) is 0.833.